The van der Waals surface area contributed by atoms with Crippen LogP contribution in [0.25, 0.3) is 0 Å². The second-order valence-corrected chi connectivity index (χ2v) is 8.34. The van der Waals surface area contributed by atoms with Crippen molar-refractivity contribution in [2.24, 2.45) is 16.7 Å². The average molecular weight is 279 g/mol. The van der Waals surface area contributed by atoms with E-state index in [1.807, 2.05) is 11.9 Å². The van der Waals surface area contributed by atoms with Gasteiger partial charge in [0.25, 0.3) is 0 Å². The lowest BCUT2D eigenvalue weighted by Crippen LogP contribution is -2.34. The topological polar surface area (TPSA) is 20.3 Å². The van der Waals surface area contributed by atoms with Gasteiger partial charge >= 0.3 is 0 Å². The van der Waals surface area contributed by atoms with Crippen LogP contribution in [0.15, 0.2) is 11.1 Å². The average Bonchev–Trinajstić information content (AvgIpc) is 2.39. The zero-order valence-corrected chi connectivity index (χ0v) is 14.8. The van der Waals surface area contributed by atoms with Gasteiger partial charge in [-0.05, 0) is 29.2 Å². The van der Waals surface area contributed by atoms with Crippen molar-refractivity contribution in [2.75, 3.05) is 13.6 Å². The van der Waals surface area contributed by atoms with Crippen molar-refractivity contribution < 1.29 is 4.79 Å². The molecule has 0 fully saturated rings. The molecule has 0 bridgehead atoms. The molecule has 1 atom stereocenters. The van der Waals surface area contributed by atoms with Gasteiger partial charge in [-0.1, -0.05) is 60.5 Å². The molecular weight excluding hydrogens is 246 g/mol. The van der Waals surface area contributed by atoms with E-state index in [9.17, 15) is 4.79 Å². The van der Waals surface area contributed by atoms with Crippen molar-refractivity contribution in [3.63, 3.8) is 0 Å². The molecule has 1 amide bonds. The molecule has 1 unspecified atom stereocenters. The van der Waals surface area contributed by atoms with Crippen LogP contribution in [-0.2, 0) is 4.79 Å². The van der Waals surface area contributed by atoms with Gasteiger partial charge in [-0.2, -0.15) is 0 Å². The minimum absolute atomic E-state index is 0.123. The van der Waals surface area contributed by atoms with Gasteiger partial charge in [-0.3, -0.25) is 4.79 Å². The van der Waals surface area contributed by atoms with Gasteiger partial charge in [0.2, 0.25) is 5.91 Å². The van der Waals surface area contributed by atoms with Gasteiger partial charge in [0.15, 0.2) is 0 Å². The van der Waals surface area contributed by atoms with Crippen LogP contribution >= 0.6 is 0 Å². The second kappa shape index (κ2) is 5.91. The maximum atomic E-state index is 12.6. The van der Waals surface area contributed by atoms with Crippen molar-refractivity contribution in [3.05, 3.63) is 11.1 Å². The molecule has 0 saturated carbocycles. The first-order valence-electron chi connectivity index (χ1n) is 7.96. The summed E-state index contributed by atoms with van der Waals surface area (Å²) in [6.07, 6.45) is 3.01. The predicted octanol–water partition coefficient (Wildman–Crippen LogP) is 4.65. The molecule has 0 radical (unpaired) electrons. The Morgan fingerprint density at radius 1 is 1.05 bits per heavy atom. The monoisotopic (exact) mass is 279 g/mol. The van der Waals surface area contributed by atoms with E-state index < -0.39 is 0 Å². The molecule has 2 heteroatoms. The smallest absolute Gasteiger partial charge is 0.226 e. The quantitative estimate of drug-likeness (QED) is 0.674. The lowest BCUT2D eigenvalue weighted by atomic mass is 9.72. The van der Waals surface area contributed by atoms with Gasteiger partial charge in [-0.25, -0.2) is 0 Å². The van der Waals surface area contributed by atoms with E-state index in [1.165, 1.54) is 11.1 Å². The highest BCUT2D eigenvalue weighted by molar-refractivity contribution is 5.80. The first-order valence-corrected chi connectivity index (χ1v) is 7.96. The van der Waals surface area contributed by atoms with Gasteiger partial charge in [0, 0.05) is 19.5 Å². The standard InChI is InChI=1S/C18H33NO/c1-9-10-13-11-14(17(2,3)4)15(18(5,6)7)12-19(8)16(13)20/h13H,9-12H2,1-8H3. The third-order valence-corrected chi connectivity index (χ3v) is 4.38. The van der Waals surface area contributed by atoms with E-state index in [2.05, 4.69) is 48.5 Å². The lowest BCUT2D eigenvalue weighted by Gasteiger charge is -2.33. The Morgan fingerprint density at radius 3 is 1.95 bits per heavy atom. The lowest BCUT2D eigenvalue weighted by molar-refractivity contribution is -0.133. The fraction of sp³-hybridized carbons (Fsp3) is 0.833. The molecule has 1 heterocycles. The fourth-order valence-corrected chi connectivity index (χ4v) is 3.20. The number of hydrogen-bond donors (Lipinski definition) is 0. The first-order chi connectivity index (χ1) is 8.98. The van der Waals surface area contributed by atoms with Crippen LogP contribution in [0.5, 0.6) is 0 Å². The van der Waals surface area contributed by atoms with E-state index in [1.54, 1.807) is 0 Å². The second-order valence-electron chi connectivity index (χ2n) is 8.34. The molecule has 1 rings (SSSR count). The van der Waals surface area contributed by atoms with E-state index in [-0.39, 0.29) is 16.7 Å². The number of rotatable bonds is 2. The number of nitrogens with zero attached hydrogens (tertiary/aromatic N) is 1. The summed E-state index contributed by atoms with van der Waals surface area (Å²) in [5, 5.41) is 0. The largest absolute Gasteiger partial charge is 0.341 e. The molecule has 1 aliphatic heterocycles. The third kappa shape index (κ3) is 3.86. The summed E-state index contributed by atoms with van der Waals surface area (Å²) in [4.78, 5) is 14.5. The molecule has 116 valence electrons. The highest BCUT2D eigenvalue weighted by Crippen LogP contribution is 2.42. The normalized spacial score (nSPS) is 22.3. The highest BCUT2D eigenvalue weighted by Gasteiger charge is 2.36. The summed E-state index contributed by atoms with van der Waals surface area (Å²) in [7, 11) is 1.96. The summed E-state index contributed by atoms with van der Waals surface area (Å²) in [6, 6.07) is 0. The van der Waals surface area contributed by atoms with Gasteiger partial charge in [0.1, 0.15) is 0 Å². The number of allylic oxidation sites excluding steroid dienone is 1. The molecule has 20 heavy (non-hydrogen) atoms. The van der Waals surface area contributed by atoms with E-state index in [0.717, 1.165) is 25.8 Å². The van der Waals surface area contributed by atoms with E-state index in [4.69, 9.17) is 0 Å². The Balaban J connectivity index is 3.33. The predicted molar refractivity (Wildman–Crippen MR) is 86.6 cm³/mol. The number of carbonyl (C=O) groups is 1. The Bertz CT molecular complexity index is 393. The summed E-state index contributed by atoms with van der Waals surface area (Å²) < 4.78 is 0. The molecule has 0 aromatic rings. The Hall–Kier alpha value is -0.790. The molecule has 0 N–H and O–H groups in total. The zero-order valence-electron chi connectivity index (χ0n) is 14.8. The van der Waals surface area contributed by atoms with E-state index in [0.29, 0.717) is 5.91 Å². The van der Waals surface area contributed by atoms with Gasteiger partial charge < -0.3 is 4.90 Å². The number of carbonyl (C=O) groups excluding carboxylic acids is 1. The molecule has 0 aromatic carbocycles. The van der Waals surface area contributed by atoms with Gasteiger partial charge in [0.05, 0.1) is 0 Å². The number of hydrogen-bond acceptors (Lipinski definition) is 1. The Morgan fingerprint density at radius 2 is 1.55 bits per heavy atom. The Labute approximate surface area is 125 Å². The van der Waals surface area contributed by atoms with Crippen LogP contribution in [0, 0.1) is 16.7 Å². The molecule has 0 aromatic heterocycles. The van der Waals surface area contributed by atoms with Crippen molar-refractivity contribution in [3.8, 4) is 0 Å². The van der Waals surface area contributed by atoms with Crippen LogP contribution < -0.4 is 0 Å². The minimum Gasteiger partial charge on any atom is -0.341 e. The van der Waals surface area contributed by atoms with Crippen molar-refractivity contribution in [1.29, 1.82) is 0 Å². The SMILES string of the molecule is CCCC1CC(C(C)(C)C)=C(C(C)(C)C)CN(C)C1=O. The number of likely N-dealkylation sites (N-methyl/N-ethyl adjacent to an activating group) is 1. The van der Waals surface area contributed by atoms with Crippen molar-refractivity contribution in [1.82, 2.24) is 4.90 Å². The highest BCUT2D eigenvalue weighted by atomic mass is 16.2. The maximum Gasteiger partial charge on any atom is 0.226 e. The molecule has 0 saturated heterocycles. The van der Waals surface area contributed by atoms with Crippen LogP contribution in [0.1, 0.15) is 67.7 Å². The molecular formula is C18H33NO. The summed E-state index contributed by atoms with van der Waals surface area (Å²) in [5.74, 6) is 0.493. The van der Waals surface area contributed by atoms with Crippen LogP contribution in [-0.4, -0.2) is 24.4 Å². The maximum absolute atomic E-state index is 12.6. The summed E-state index contributed by atoms with van der Waals surface area (Å²) in [5.41, 5.74) is 3.22. The third-order valence-electron chi connectivity index (χ3n) is 4.38. The summed E-state index contributed by atoms with van der Waals surface area (Å²) in [6.45, 7) is 16.6. The van der Waals surface area contributed by atoms with Crippen molar-refractivity contribution >= 4 is 5.91 Å². The zero-order chi connectivity index (χ0) is 15.7. The van der Waals surface area contributed by atoms with E-state index >= 15 is 0 Å². The molecule has 0 aliphatic carbocycles. The van der Waals surface area contributed by atoms with Crippen LogP contribution in [0.4, 0.5) is 0 Å². The minimum atomic E-state index is 0.123. The van der Waals surface area contributed by atoms with Crippen LogP contribution in [0.2, 0.25) is 0 Å². The number of amides is 1. The molecule has 0 spiro atoms. The molecule has 2 nitrogen and oxygen atoms in total. The van der Waals surface area contributed by atoms with Gasteiger partial charge in [-0.15, -0.1) is 0 Å². The fourth-order valence-electron chi connectivity index (χ4n) is 3.20. The first kappa shape index (κ1) is 17.3. The van der Waals surface area contributed by atoms with Crippen LogP contribution in [0.3, 0.4) is 0 Å². The van der Waals surface area contributed by atoms with Crippen molar-refractivity contribution in [2.45, 2.75) is 67.7 Å². The Kier molecular flexibility index (Phi) is 5.10. The summed E-state index contributed by atoms with van der Waals surface area (Å²) >= 11 is 0. The molecule has 1 aliphatic rings.